The third-order valence-electron chi connectivity index (χ3n) is 3.45. The van der Waals surface area contributed by atoms with Gasteiger partial charge in [0.25, 0.3) is 0 Å². The van der Waals surface area contributed by atoms with Crippen molar-refractivity contribution < 1.29 is 14.7 Å². The number of carboxylic acid groups (broad SMARTS) is 1. The van der Waals surface area contributed by atoms with Crippen LogP contribution in [0.2, 0.25) is 0 Å². The highest BCUT2D eigenvalue weighted by atomic mass is 16.4. The van der Waals surface area contributed by atoms with E-state index in [1.54, 1.807) is 0 Å². The molecule has 1 aromatic carbocycles. The molecule has 0 aliphatic heterocycles. The van der Waals surface area contributed by atoms with Crippen molar-refractivity contribution in [2.24, 2.45) is 0 Å². The number of para-hydroxylation sites is 1. The fraction of sp³-hybridized carbons (Fsp3) is 0.375. The van der Waals surface area contributed by atoms with E-state index in [0.717, 1.165) is 23.0 Å². The molecule has 0 radical (unpaired) electrons. The van der Waals surface area contributed by atoms with Crippen molar-refractivity contribution in [3.8, 4) is 0 Å². The van der Waals surface area contributed by atoms with Crippen molar-refractivity contribution in [1.29, 1.82) is 0 Å². The van der Waals surface area contributed by atoms with Gasteiger partial charge in [-0.15, -0.1) is 0 Å². The molecule has 0 bridgehead atoms. The molecule has 0 spiro atoms. The van der Waals surface area contributed by atoms with E-state index in [2.05, 4.69) is 16.8 Å². The molecule has 1 amide bonds. The zero-order chi connectivity index (χ0) is 15.2. The van der Waals surface area contributed by atoms with Crippen LogP contribution in [0.25, 0.3) is 10.9 Å². The van der Waals surface area contributed by atoms with Crippen LogP contribution in [0.5, 0.6) is 0 Å². The Morgan fingerprint density at radius 2 is 2.05 bits per heavy atom. The second-order valence-electron chi connectivity index (χ2n) is 4.98. The number of benzene rings is 1. The number of rotatable bonds is 7. The number of amides is 1. The summed E-state index contributed by atoms with van der Waals surface area (Å²) in [5, 5.41) is 12.4. The van der Waals surface area contributed by atoms with Crippen LogP contribution in [0.4, 0.5) is 0 Å². The Bertz CT molecular complexity index is 646. The number of aromatic nitrogens is 1. The highest BCUT2D eigenvalue weighted by Gasteiger charge is 2.10. The molecule has 0 saturated carbocycles. The Hall–Kier alpha value is -2.30. The molecule has 5 nitrogen and oxygen atoms in total. The van der Waals surface area contributed by atoms with Gasteiger partial charge in [0.2, 0.25) is 5.91 Å². The van der Waals surface area contributed by atoms with Crippen LogP contribution < -0.4 is 5.32 Å². The van der Waals surface area contributed by atoms with Gasteiger partial charge in [0.05, 0.1) is 6.42 Å². The summed E-state index contributed by atoms with van der Waals surface area (Å²) < 4.78 is 2.13. The minimum Gasteiger partial charge on any atom is -0.481 e. The number of hydrogen-bond acceptors (Lipinski definition) is 2. The zero-order valence-corrected chi connectivity index (χ0v) is 12.1. The van der Waals surface area contributed by atoms with Crippen molar-refractivity contribution in [3.05, 3.63) is 36.0 Å². The van der Waals surface area contributed by atoms with Gasteiger partial charge in [-0.25, -0.2) is 0 Å². The zero-order valence-electron chi connectivity index (χ0n) is 12.1. The lowest BCUT2D eigenvalue weighted by atomic mass is 10.1. The van der Waals surface area contributed by atoms with Gasteiger partial charge in [-0.3, -0.25) is 9.59 Å². The van der Waals surface area contributed by atoms with E-state index in [9.17, 15) is 9.59 Å². The van der Waals surface area contributed by atoms with E-state index >= 15 is 0 Å². The lowest BCUT2D eigenvalue weighted by Gasteiger charge is -2.03. The van der Waals surface area contributed by atoms with Crippen LogP contribution in [-0.4, -0.2) is 28.1 Å². The van der Waals surface area contributed by atoms with Gasteiger partial charge in [0.1, 0.15) is 0 Å². The lowest BCUT2D eigenvalue weighted by molar-refractivity contribution is -0.137. The molecular formula is C16H20N2O3. The molecule has 2 N–H and O–H groups in total. The summed E-state index contributed by atoms with van der Waals surface area (Å²) >= 11 is 0. The standard InChI is InChI=1S/C16H20N2O3/c1-2-18-11-12(13-6-3-4-7-14(13)18)10-15(19)17-9-5-8-16(20)21/h3-4,6-7,11H,2,5,8-10H2,1H3,(H,17,19)(H,20,21). The first-order valence-corrected chi connectivity index (χ1v) is 7.17. The molecule has 0 aliphatic carbocycles. The Balaban J connectivity index is 1.99. The summed E-state index contributed by atoms with van der Waals surface area (Å²) in [4.78, 5) is 22.3. The Morgan fingerprint density at radius 3 is 2.76 bits per heavy atom. The molecule has 1 heterocycles. The Morgan fingerprint density at radius 1 is 1.29 bits per heavy atom. The van der Waals surface area contributed by atoms with Crippen LogP contribution >= 0.6 is 0 Å². The average Bonchev–Trinajstić information content (AvgIpc) is 2.82. The molecule has 0 aliphatic rings. The highest BCUT2D eigenvalue weighted by Crippen LogP contribution is 2.21. The first kappa shape index (κ1) is 15.1. The van der Waals surface area contributed by atoms with Gasteiger partial charge >= 0.3 is 5.97 Å². The predicted molar refractivity (Wildman–Crippen MR) is 81.2 cm³/mol. The van der Waals surface area contributed by atoms with Crippen LogP contribution in [0, 0.1) is 0 Å². The van der Waals surface area contributed by atoms with E-state index in [1.165, 1.54) is 0 Å². The van der Waals surface area contributed by atoms with E-state index in [-0.39, 0.29) is 12.3 Å². The van der Waals surface area contributed by atoms with Gasteiger partial charge < -0.3 is 15.0 Å². The smallest absolute Gasteiger partial charge is 0.303 e. The maximum Gasteiger partial charge on any atom is 0.303 e. The third-order valence-corrected chi connectivity index (χ3v) is 3.45. The average molecular weight is 288 g/mol. The van der Waals surface area contributed by atoms with Crippen molar-refractivity contribution >= 4 is 22.8 Å². The third kappa shape index (κ3) is 3.84. The predicted octanol–water partition coefficient (Wildman–Crippen LogP) is 2.18. The topological polar surface area (TPSA) is 71.3 Å². The largest absolute Gasteiger partial charge is 0.481 e. The summed E-state index contributed by atoms with van der Waals surface area (Å²) in [7, 11) is 0. The van der Waals surface area contributed by atoms with E-state index in [0.29, 0.717) is 19.4 Å². The number of aryl methyl sites for hydroxylation is 1. The second-order valence-corrected chi connectivity index (χ2v) is 4.98. The van der Waals surface area contributed by atoms with Gasteiger partial charge in [0, 0.05) is 36.6 Å². The number of fused-ring (bicyclic) bond motifs is 1. The van der Waals surface area contributed by atoms with Gasteiger partial charge in [-0.2, -0.15) is 0 Å². The monoisotopic (exact) mass is 288 g/mol. The summed E-state index contributed by atoms with van der Waals surface area (Å²) in [5.74, 6) is -0.908. The molecule has 5 heteroatoms. The van der Waals surface area contributed by atoms with Crippen LogP contribution in [0.1, 0.15) is 25.3 Å². The SMILES string of the molecule is CCn1cc(CC(=O)NCCCC(=O)O)c2ccccc21. The number of aliphatic carboxylic acids is 1. The molecule has 2 rings (SSSR count). The number of carbonyl (C=O) groups is 2. The molecule has 0 unspecified atom stereocenters. The van der Waals surface area contributed by atoms with Gasteiger partial charge in [0.15, 0.2) is 0 Å². The van der Waals surface area contributed by atoms with E-state index < -0.39 is 5.97 Å². The first-order chi connectivity index (χ1) is 10.1. The second kappa shape index (κ2) is 6.92. The maximum atomic E-state index is 11.9. The number of hydrogen-bond donors (Lipinski definition) is 2. The Kier molecular flexibility index (Phi) is 4.98. The summed E-state index contributed by atoms with van der Waals surface area (Å²) in [6.45, 7) is 3.33. The number of nitrogens with zero attached hydrogens (tertiary/aromatic N) is 1. The molecular weight excluding hydrogens is 268 g/mol. The minimum absolute atomic E-state index is 0.0700. The molecule has 0 fully saturated rings. The number of nitrogens with one attached hydrogen (secondary N) is 1. The molecule has 112 valence electrons. The van der Waals surface area contributed by atoms with Crippen LogP contribution in [0.15, 0.2) is 30.5 Å². The molecule has 2 aromatic rings. The van der Waals surface area contributed by atoms with Crippen molar-refractivity contribution in [2.45, 2.75) is 32.7 Å². The van der Waals surface area contributed by atoms with Crippen LogP contribution in [-0.2, 0) is 22.6 Å². The minimum atomic E-state index is -0.838. The normalized spacial score (nSPS) is 10.7. The molecule has 1 aromatic heterocycles. The van der Waals surface area contributed by atoms with Crippen molar-refractivity contribution in [2.75, 3.05) is 6.54 Å². The molecule has 0 saturated heterocycles. The molecule has 0 atom stereocenters. The van der Waals surface area contributed by atoms with Gasteiger partial charge in [-0.05, 0) is 25.0 Å². The fourth-order valence-corrected chi connectivity index (χ4v) is 2.43. The molecule has 21 heavy (non-hydrogen) atoms. The summed E-state index contributed by atoms with van der Waals surface area (Å²) in [5.41, 5.74) is 2.14. The number of carbonyl (C=O) groups excluding carboxylic acids is 1. The maximum absolute atomic E-state index is 11.9. The summed E-state index contributed by atoms with van der Waals surface area (Å²) in [6, 6.07) is 8.03. The fourth-order valence-electron chi connectivity index (χ4n) is 2.43. The van der Waals surface area contributed by atoms with E-state index in [4.69, 9.17) is 5.11 Å². The summed E-state index contributed by atoms with van der Waals surface area (Å²) in [6.07, 6.45) is 2.87. The lowest BCUT2D eigenvalue weighted by Crippen LogP contribution is -2.26. The Labute approximate surface area is 123 Å². The van der Waals surface area contributed by atoms with Gasteiger partial charge in [-0.1, -0.05) is 18.2 Å². The quantitative estimate of drug-likeness (QED) is 0.767. The van der Waals surface area contributed by atoms with Crippen molar-refractivity contribution in [1.82, 2.24) is 9.88 Å². The number of carboxylic acids is 1. The van der Waals surface area contributed by atoms with Crippen LogP contribution in [0.3, 0.4) is 0 Å². The highest BCUT2D eigenvalue weighted by molar-refractivity contribution is 5.89. The van der Waals surface area contributed by atoms with E-state index in [1.807, 2.05) is 30.5 Å². The van der Waals surface area contributed by atoms with Crippen molar-refractivity contribution in [3.63, 3.8) is 0 Å². The first-order valence-electron chi connectivity index (χ1n) is 7.17.